The Labute approximate surface area is 185 Å². The number of aliphatic hydroxyl groups is 1. The fourth-order valence-corrected chi connectivity index (χ4v) is 4.60. The summed E-state index contributed by atoms with van der Waals surface area (Å²) in [7, 11) is -3.83. The molecule has 0 saturated heterocycles. The monoisotopic (exact) mass is 435 g/mol. The smallest absolute Gasteiger partial charge is 0.264 e. The summed E-state index contributed by atoms with van der Waals surface area (Å²) in [6, 6.07) is 25.7. The van der Waals surface area contributed by atoms with Gasteiger partial charge in [0.05, 0.1) is 17.5 Å². The fourth-order valence-electron chi connectivity index (χ4n) is 3.28. The zero-order valence-corrected chi connectivity index (χ0v) is 19.0. The molecule has 0 heterocycles. The second-order valence-corrected chi connectivity index (χ2v) is 9.88. The van der Waals surface area contributed by atoms with Crippen LogP contribution in [-0.4, -0.2) is 23.9 Å². The minimum Gasteiger partial charge on any atom is -0.388 e. The van der Waals surface area contributed by atoms with Gasteiger partial charge in [0.2, 0.25) is 0 Å². The standard InChI is InChI=1S/C26H29NO3S/c1-20(2)26(28)25(23-12-8-5-9-13-23)19-27(18-22-10-6-4-7-11-22)31(29,30)24-16-14-21(3)15-17-24/h4-17,19-20,26,28H,18H2,1-3H3/b25-19+. The third kappa shape index (κ3) is 5.63. The molecule has 0 amide bonds. The minimum atomic E-state index is -3.83. The zero-order chi connectivity index (χ0) is 22.4. The van der Waals surface area contributed by atoms with Crippen LogP contribution in [0.25, 0.3) is 5.57 Å². The molecular weight excluding hydrogens is 406 g/mol. The van der Waals surface area contributed by atoms with Gasteiger partial charge in [-0.1, -0.05) is 92.2 Å². The lowest BCUT2D eigenvalue weighted by molar-refractivity contribution is 0.180. The van der Waals surface area contributed by atoms with E-state index < -0.39 is 16.1 Å². The van der Waals surface area contributed by atoms with Crippen molar-refractivity contribution >= 4 is 15.6 Å². The van der Waals surface area contributed by atoms with Crippen LogP contribution in [0.2, 0.25) is 0 Å². The van der Waals surface area contributed by atoms with E-state index in [4.69, 9.17) is 0 Å². The number of aryl methyl sites for hydroxylation is 1. The van der Waals surface area contributed by atoms with E-state index in [9.17, 15) is 13.5 Å². The van der Waals surface area contributed by atoms with E-state index in [0.717, 1.165) is 16.7 Å². The first-order valence-electron chi connectivity index (χ1n) is 10.4. The lowest BCUT2D eigenvalue weighted by Crippen LogP contribution is -2.28. The summed E-state index contributed by atoms with van der Waals surface area (Å²) in [5.41, 5.74) is 3.22. The second-order valence-electron chi connectivity index (χ2n) is 7.99. The normalized spacial score (nSPS) is 13.3. The third-order valence-electron chi connectivity index (χ3n) is 5.15. The van der Waals surface area contributed by atoms with Crippen molar-refractivity contribution in [3.8, 4) is 0 Å². The van der Waals surface area contributed by atoms with Crippen LogP contribution in [-0.2, 0) is 16.6 Å². The van der Waals surface area contributed by atoms with Crippen LogP contribution in [0.3, 0.4) is 0 Å². The Morgan fingerprint density at radius 3 is 2.00 bits per heavy atom. The molecule has 1 atom stereocenters. The Balaban J connectivity index is 2.14. The number of hydrogen-bond donors (Lipinski definition) is 1. The van der Waals surface area contributed by atoms with Gasteiger partial charge in [0, 0.05) is 11.8 Å². The van der Waals surface area contributed by atoms with Crippen LogP contribution in [0.4, 0.5) is 0 Å². The topological polar surface area (TPSA) is 57.6 Å². The predicted octanol–water partition coefficient (Wildman–Crippen LogP) is 5.24. The largest absolute Gasteiger partial charge is 0.388 e. The van der Waals surface area contributed by atoms with Crippen molar-refractivity contribution in [1.29, 1.82) is 0 Å². The van der Waals surface area contributed by atoms with Crippen molar-refractivity contribution in [3.05, 3.63) is 108 Å². The first kappa shape index (κ1) is 22.8. The van der Waals surface area contributed by atoms with Gasteiger partial charge < -0.3 is 5.11 Å². The van der Waals surface area contributed by atoms with Crippen LogP contribution in [0.1, 0.15) is 30.5 Å². The van der Waals surface area contributed by atoms with Crippen LogP contribution in [0, 0.1) is 12.8 Å². The molecule has 162 valence electrons. The first-order chi connectivity index (χ1) is 14.8. The van der Waals surface area contributed by atoms with Crippen molar-refractivity contribution in [2.45, 2.75) is 38.3 Å². The summed E-state index contributed by atoms with van der Waals surface area (Å²) in [6.45, 7) is 5.91. The summed E-state index contributed by atoms with van der Waals surface area (Å²) in [4.78, 5) is 0.219. The molecule has 0 aliphatic carbocycles. The average molecular weight is 436 g/mol. The van der Waals surface area contributed by atoms with Gasteiger partial charge >= 0.3 is 0 Å². The molecule has 0 aliphatic rings. The van der Waals surface area contributed by atoms with Crippen LogP contribution < -0.4 is 0 Å². The summed E-state index contributed by atoms with van der Waals surface area (Å²) >= 11 is 0. The van der Waals surface area contributed by atoms with Gasteiger partial charge in [-0.3, -0.25) is 4.31 Å². The van der Waals surface area contributed by atoms with Crippen LogP contribution in [0.5, 0.6) is 0 Å². The van der Waals surface area contributed by atoms with E-state index >= 15 is 0 Å². The number of hydrogen-bond acceptors (Lipinski definition) is 3. The predicted molar refractivity (Wildman–Crippen MR) is 126 cm³/mol. The van der Waals surface area contributed by atoms with E-state index in [0.29, 0.717) is 5.57 Å². The number of nitrogens with zero attached hydrogens (tertiary/aromatic N) is 1. The van der Waals surface area contributed by atoms with E-state index in [1.54, 1.807) is 30.5 Å². The van der Waals surface area contributed by atoms with E-state index in [-0.39, 0.29) is 17.4 Å². The minimum absolute atomic E-state index is 0.0767. The van der Waals surface area contributed by atoms with Crippen molar-refractivity contribution in [2.75, 3.05) is 0 Å². The molecule has 0 aromatic heterocycles. The molecule has 0 spiro atoms. The Morgan fingerprint density at radius 1 is 0.903 bits per heavy atom. The Bertz CT molecular complexity index is 1110. The molecule has 0 bridgehead atoms. The van der Waals surface area contributed by atoms with Crippen LogP contribution >= 0.6 is 0 Å². The van der Waals surface area contributed by atoms with Gasteiger partial charge in [-0.05, 0) is 36.1 Å². The summed E-state index contributed by atoms with van der Waals surface area (Å²) < 4.78 is 28.5. The maximum atomic E-state index is 13.6. The molecular formula is C26H29NO3S. The highest BCUT2D eigenvalue weighted by Crippen LogP contribution is 2.27. The van der Waals surface area contributed by atoms with Crippen molar-refractivity contribution in [2.24, 2.45) is 5.92 Å². The maximum Gasteiger partial charge on any atom is 0.264 e. The number of benzene rings is 3. The summed E-state index contributed by atoms with van der Waals surface area (Å²) in [5, 5.41) is 10.9. The summed E-state index contributed by atoms with van der Waals surface area (Å²) in [5.74, 6) is -0.0767. The van der Waals surface area contributed by atoms with E-state index in [1.165, 1.54) is 4.31 Å². The van der Waals surface area contributed by atoms with Crippen molar-refractivity contribution < 1.29 is 13.5 Å². The Morgan fingerprint density at radius 2 is 1.45 bits per heavy atom. The third-order valence-corrected chi connectivity index (χ3v) is 6.87. The van der Waals surface area contributed by atoms with Crippen molar-refractivity contribution in [1.82, 2.24) is 4.31 Å². The first-order valence-corrected chi connectivity index (χ1v) is 11.8. The van der Waals surface area contributed by atoms with E-state index in [1.807, 2.05) is 81.4 Å². The molecule has 5 heteroatoms. The molecule has 1 N–H and O–H groups in total. The quantitative estimate of drug-likeness (QED) is 0.526. The Kier molecular flexibility index (Phi) is 7.31. The molecule has 0 fully saturated rings. The molecule has 4 nitrogen and oxygen atoms in total. The zero-order valence-electron chi connectivity index (χ0n) is 18.1. The van der Waals surface area contributed by atoms with Crippen molar-refractivity contribution in [3.63, 3.8) is 0 Å². The highest BCUT2D eigenvalue weighted by atomic mass is 32.2. The van der Waals surface area contributed by atoms with Gasteiger partial charge in [0.15, 0.2) is 0 Å². The molecule has 31 heavy (non-hydrogen) atoms. The average Bonchev–Trinajstić information content (AvgIpc) is 2.77. The lowest BCUT2D eigenvalue weighted by Gasteiger charge is -2.26. The molecule has 3 aromatic carbocycles. The maximum absolute atomic E-state index is 13.6. The molecule has 0 saturated carbocycles. The van der Waals surface area contributed by atoms with Gasteiger partial charge in [0.1, 0.15) is 0 Å². The van der Waals surface area contributed by atoms with Gasteiger partial charge in [0.25, 0.3) is 10.0 Å². The number of sulfonamides is 1. The number of aliphatic hydroxyl groups excluding tert-OH is 1. The Hall–Kier alpha value is -2.89. The van der Waals surface area contributed by atoms with Gasteiger partial charge in [-0.25, -0.2) is 8.42 Å². The molecule has 3 aromatic rings. The van der Waals surface area contributed by atoms with Gasteiger partial charge in [-0.2, -0.15) is 0 Å². The molecule has 0 aliphatic heterocycles. The van der Waals surface area contributed by atoms with Gasteiger partial charge in [-0.15, -0.1) is 0 Å². The lowest BCUT2D eigenvalue weighted by atomic mass is 9.94. The molecule has 3 rings (SSSR count). The molecule has 0 radical (unpaired) electrons. The van der Waals surface area contributed by atoms with E-state index in [2.05, 4.69) is 0 Å². The van der Waals surface area contributed by atoms with Crippen LogP contribution in [0.15, 0.2) is 96.0 Å². The highest BCUT2D eigenvalue weighted by molar-refractivity contribution is 7.89. The summed E-state index contributed by atoms with van der Waals surface area (Å²) in [6.07, 6.45) is 0.774. The fraction of sp³-hybridized carbons (Fsp3) is 0.231. The molecule has 1 unspecified atom stereocenters. The SMILES string of the molecule is Cc1ccc(S(=O)(=O)N(/C=C(\c2ccccc2)C(O)C(C)C)Cc2ccccc2)cc1. The second kappa shape index (κ2) is 9.94. The number of rotatable bonds is 8. The highest BCUT2D eigenvalue weighted by Gasteiger charge is 2.25.